The van der Waals surface area contributed by atoms with E-state index in [9.17, 15) is 4.79 Å². The molecule has 0 radical (unpaired) electrons. The Bertz CT molecular complexity index is 776. The minimum atomic E-state index is -0.209. The molecule has 0 amide bonds. The summed E-state index contributed by atoms with van der Waals surface area (Å²) in [5.74, 6) is -0.373. The van der Waals surface area contributed by atoms with Crippen LogP contribution >= 0.6 is 23.2 Å². The molecule has 5 heteroatoms. The van der Waals surface area contributed by atoms with Gasteiger partial charge >= 0.3 is 5.97 Å². The second-order valence-electron chi connectivity index (χ2n) is 7.07. The molecule has 3 rings (SSSR count). The average Bonchev–Trinajstić information content (AvgIpc) is 2.90. The molecule has 0 spiro atoms. The van der Waals surface area contributed by atoms with E-state index >= 15 is 0 Å². The maximum Gasteiger partial charge on any atom is 0.311 e. The lowest BCUT2D eigenvalue weighted by Crippen LogP contribution is -2.13. The van der Waals surface area contributed by atoms with Crippen LogP contribution in [-0.4, -0.2) is 10.5 Å². The first-order chi connectivity index (χ1) is 11.9. The highest BCUT2D eigenvalue weighted by Crippen LogP contribution is 2.60. The van der Waals surface area contributed by atoms with Crippen molar-refractivity contribution < 1.29 is 9.53 Å². The number of carbonyl (C=O) groups excluding carboxylic acids is 1. The average molecular weight is 378 g/mol. The molecular weight excluding hydrogens is 357 g/mol. The molecule has 1 aliphatic carbocycles. The van der Waals surface area contributed by atoms with Gasteiger partial charge in [0.2, 0.25) is 0 Å². The van der Waals surface area contributed by atoms with Gasteiger partial charge in [0.1, 0.15) is 4.49 Å². The van der Waals surface area contributed by atoms with Gasteiger partial charge in [0.15, 0.2) is 6.73 Å². The van der Waals surface area contributed by atoms with E-state index in [-0.39, 0.29) is 34.4 Å². The van der Waals surface area contributed by atoms with Crippen LogP contribution in [0.2, 0.25) is 0 Å². The van der Waals surface area contributed by atoms with Crippen molar-refractivity contribution in [3.8, 4) is 0 Å². The lowest BCUT2D eigenvalue weighted by molar-refractivity contribution is -0.150. The van der Waals surface area contributed by atoms with Crippen molar-refractivity contribution in [2.45, 2.75) is 27.0 Å². The van der Waals surface area contributed by atoms with Gasteiger partial charge in [-0.1, -0.05) is 67.4 Å². The van der Waals surface area contributed by atoms with E-state index in [1.165, 1.54) is 11.1 Å². The largest absolute Gasteiger partial charge is 0.444 e. The first-order valence-electron chi connectivity index (χ1n) is 8.26. The van der Waals surface area contributed by atoms with Gasteiger partial charge in [0.05, 0.1) is 5.92 Å². The van der Waals surface area contributed by atoms with Crippen molar-refractivity contribution >= 4 is 29.2 Å². The molecule has 1 fully saturated rings. The standard InChI is InChI=1S/C20H21Cl2NO2/c1-20(2)16(11-17(21)22)18(20)19(24)25-13-23-9-8-15(12-23)10-14-6-4-3-5-7-14/h3-9,11-12,16,18H,10,13H2,1-2H3. The fourth-order valence-electron chi connectivity index (χ4n) is 3.31. The molecule has 1 aromatic heterocycles. The lowest BCUT2D eigenvalue weighted by Gasteiger charge is -2.06. The van der Waals surface area contributed by atoms with E-state index in [4.69, 9.17) is 27.9 Å². The molecule has 0 bridgehead atoms. The fourth-order valence-corrected chi connectivity index (χ4v) is 3.58. The predicted molar refractivity (Wildman–Crippen MR) is 100 cm³/mol. The second kappa shape index (κ2) is 7.27. The summed E-state index contributed by atoms with van der Waals surface area (Å²) in [5.41, 5.74) is 2.27. The molecule has 1 heterocycles. The van der Waals surface area contributed by atoms with Gasteiger partial charge in [-0.05, 0) is 41.0 Å². The van der Waals surface area contributed by atoms with Gasteiger partial charge in [-0.25, -0.2) is 0 Å². The quantitative estimate of drug-likeness (QED) is 0.650. The van der Waals surface area contributed by atoms with Crippen LogP contribution in [0.4, 0.5) is 0 Å². The van der Waals surface area contributed by atoms with Crippen LogP contribution in [0.15, 0.2) is 59.4 Å². The Morgan fingerprint density at radius 1 is 1.20 bits per heavy atom. The van der Waals surface area contributed by atoms with Crippen LogP contribution in [0, 0.1) is 17.3 Å². The summed E-state index contributed by atoms with van der Waals surface area (Å²) in [4.78, 5) is 12.3. The number of aromatic nitrogens is 1. The predicted octanol–water partition coefficient (Wildman–Crippen LogP) is 5.17. The number of esters is 1. The van der Waals surface area contributed by atoms with E-state index < -0.39 is 0 Å². The first-order valence-corrected chi connectivity index (χ1v) is 9.01. The molecule has 0 aliphatic heterocycles. The van der Waals surface area contributed by atoms with E-state index in [1.807, 2.05) is 55.1 Å². The highest BCUT2D eigenvalue weighted by Gasteiger charge is 2.61. The van der Waals surface area contributed by atoms with Crippen LogP contribution in [0.1, 0.15) is 25.0 Å². The third kappa shape index (κ3) is 4.28. The number of allylic oxidation sites excluding steroid dienone is 1. The molecule has 1 aromatic carbocycles. The lowest BCUT2D eigenvalue weighted by atomic mass is 10.1. The van der Waals surface area contributed by atoms with Gasteiger partial charge in [0, 0.05) is 12.4 Å². The zero-order valence-corrected chi connectivity index (χ0v) is 15.8. The number of rotatable bonds is 6. The Kier molecular flexibility index (Phi) is 5.26. The van der Waals surface area contributed by atoms with E-state index in [1.54, 1.807) is 6.08 Å². The van der Waals surface area contributed by atoms with Crippen LogP contribution in [0.25, 0.3) is 0 Å². The summed E-state index contributed by atoms with van der Waals surface area (Å²) in [5, 5.41) is 0. The Morgan fingerprint density at radius 2 is 1.92 bits per heavy atom. The molecule has 25 heavy (non-hydrogen) atoms. The van der Waals surface area contributed by atoms with Crippen molar-refractivity contribution in [2.24, 2.45) is 17.3 Å². The minimum Gasteiger partial charge on any atom is -0.444 e. The van der Waals surface area contributed by atoms with Crippen molar-refractivity contribution in [2.75, 3.05) is 0 Å². The molecule has 1 saturated carbocycles. The first kappa shape index (κ1) is 18.1. The third-order valence-electron chi connectivity index (χ3n) is 4.89. The molecule has 1 aliphatic rings. The summed E-state index contributed by atoms with van der Waals surface area (Å²) in [6, 6.07) is 12.3. The number of carbonyl (C=O) groups is 1. The molecule has 2 atom stereocenters. The Labute approximate surface area is 158 Å². The van der Waals surface area contributed by atoms with E-state index in [0.717, 1.165) is 6.42 Å². The second-order valence-corrected chi connectivity index (χ2v) is 8.08. The normalized spacial score (nSPS) is 20.8. The summed E-state index contributed by atoms with van der Waals surface area (Å²) < 4.78 is 7.55. The number of nitrogens with zero attached hydrogens (tertiary/aromatic N) is 1. The zero-order chi connectivity index (χ0) is 18.0. The van der Waals surface area contributed by atoms with Gasteiger partial charge < -0.3 is 9.30 Å². The van der Waals surface area contributed by atoms with Gasteiger partial charge in [-0.3, -0.25) is 4.79 Å². The van der Waals surface area contributed by atoms with E-state index in [0.29, 0.717) is 0 Å². The molecule has 2 unspecified atom stereocenters. The summed E-state index contributed by atoms with van der Waals surface area (Å²) in [6.07, 6.45) is 6.52. The Morgan fingerprint density at radius 3 is 2.60 bits per heavy atom. The number of halogens is 2. The molecule has 3 nitrogen and oxygen atoms in total. The highest BCUT2D eigenvalue weighted by atomic mass is 35.5. The van der Waals surface area contributed by atoms with Crippen molar-refractivity contribution in [3.63, 3.8) is 0 Å². The Balaban J connectivity index is 1.54. The van der Waals surface area contributed by atoms with Crippen molar-refractivity contribution in [3.05, 3.63) is 70.5 Å². The molecule has 132 valence electrons. The zero-order valence-electron chi connectivity index (χ0n) is 14.3. The summed E-state index contributed by atoms with van der Waals surface area (Å²) in [6.45, 7) is 4.25. The molecule has 0 N–H and O–H groups in total. The number of hydrogen-bond acceptors (Lipinski definition) is 2. The fraction of sp³-hybridized carbons (Fsp3) is 0.350. The summed E-state index contributed by atoms with van der Waals surface area (Å²) in [7, 11) is 0. The molecular formula is C20H21Cl2NO2. The minimum absolute atomic E-state index is 0.0308. The van der Waals surface area contributed by atoms with Crippen molar-refractivity contribution in [1.82, 2.24) is 4.57 Å². The number of hydrogen-bond donors (Lipinski definition) is 0. The van der Waals surface area contributed by atoms with Crippen LogP contribution in [0.3, 0.4) is 0 Å². The highest BCUT2D eigenvalue weighted by molar-refractivity contribution is 6.55. The maximum absolute atomic E-state index is 12.3. The van der Waals surface area contributed by atoms with Gasteiger partial charge in [-0.2, -0.15) is 0 Å². The Hall–Kier alpha value is -1.71. The van der Waals surface area contributed by atoms with Crippen LogP contribution in [0.5, 0.6) is 0 Å². The van der Waals surface area contributed by atoms with Crippen molar-refractivity contribution in [1.29, 1.82) is 0 Å². The topological polar surface area (TPSA) is 31.2 Å². The van der Waals surface area contributed by atoms with Crippen LogP contribution < -0.4 is 0 Å². The summed E-state index contributed by atoms with van der Waals surface area (Å²) >= 11 is 11.4. The number of ether oxygens (including phenoxy) is 1. The monoisotopic (exact) mass is 377 g/mol. The van der Waals surface area contributed by atoms with Gasteiger partial charge in [0.25, 0.3) is 0 Å². The number of benzene rings is 1. The SMILES string of the molecule is CC1(C)C(C=C(Cl)Cl)C1C(=O)OCn1ccc(Cc2ccccc2)c1. The molecule has 2 aromatic rings. The maximum atomic E-state index is 12.3. The molecule has 0 saturated heterocycles. The van der Waals surface area contributed by atoms with Gasteiger partial charge in [-0.15, -0.1) is 0 Å². The van der Waals surface area contributed by atoms with E-state index in [2.05, 4.69) is 12.1 Å². The van der Waals surface area contributed by atoms with Crippen LogP contribution in [-0.2, 0) is 22.7 Å². The third-order valence-corrected chi connectivity index (χ3v) is 5.14. The smallest absolute Gasteiger partial charge is 0.311 e.